The van der Waals surface area contributed by atoms with E-state index in [2.05, 4.69) is 88.0 Å². The molecule has 61 heavy (non-hydrogen) atoms. The molecule has 3 aromatic heterocycles. The number of benzene rings is 7. The average molecular weight is 777 g/mol. The fourth-order valence-corrected chi connectivity index (χ4v) is 8.64. The number of hydrogen-bond donors (Lipinski definition) is 0. The van der Waals surface area contributed by atoms with Crippen LogP contribution in [0.5, 0.6) is 0 Å². The quantitative estimate of drug-likeness (QED) is 0.170. The molecule has 0 amide bonds. The molecule has 0 aliphatic carbocycles. The monoisotopic (exact) mass is 776 g/mol. The molecule has 0 aliphatic heterocycles. The molecule has 8 nitrogen and oxygen atoms in total. The van der Waals surface area contributed by atoms with Crippen LogP contribution in [0.3, 0.4) is 0 Å². The Bertz CT molecular complexity index is 3460. The minimum atomic E-state index is 0.412. The summed E-state index contributed by atoms with van der Waals surface area (Å²) in [6.07, 6.45) is 0. The maximum atomic E-state index is 10.8. The molecule has 8 heteroatoms. The van der Waals surface area contributed by atoms with Gasteiger partial charge in [-0.2, -0.15) is 26.3 Å². The molecule has 0 saturated carbocycles. The van der Waals surface area contributed by atoms with Gasteiger partial charge < -0.3 is 9.13 Å². The maximum Gasteiger partial charge on any atom is 0.0993 e. The number of rotatable bonds is 5. The Labute approximate surface area is 350 Å². The third-order valence-electron chi connectivity index (χ3n) is 11.2. The Balaban J connectivity index is 1.29. The van der Waals surface area contributed by atoms with E-state index in [4.69, 9.17) is 4.98 Å². The van der Waals surface area contributed by atoms with E-state index >= 15 is 0 Å². The molecule has 0 aliphatic rings. The van der Waals surface area contributed by atoms with Crippen LogP contribution in [0.25, 0.3) is 88.5 Å². The molecule has 0 fully saturated rings. The molecular formula is C53H28N8. The standard InChI is InChI=1S/C53H28N8/c1-32-7-6-10-46(59-32)53-51(60-47-11-4-2-8-42(47)44-25-38(13-15-49(44)60)40-19-33(27-54)17-34(20-40)28-55)23-37(31-58)24-52(53)61-48-12-5-3-9-43(48)45-26-39(14-16-50(45)61)41-21-35(29-56)18-36(22-41)30-57/h2-26H,1H3. The van der Waals surface area contributed by atoms with Crippen LogP contribution >= 0.6 is 0 Å². The largest absolute Gasteiger partial charge is 0.308 e. The smallest absolute Gasteiger partial charge is 0.0993 e. The highest BCUT2D eigenvalue weighted by molar-refractivity contribution is 6.13. The summed E-state index contributed by atoms with van der Waals surface area (Å²) in [4.78, 5) is 5.12. The Kier molecular flexibility index (Phi) is 8.46. The van der Waals surface area contributed by atoms with Crippen LogP contribution in [0.15, 0.2) is 152 Å². The van der Waals surface area contributed by atoms with E-state index in [1.807, 2.05) is 73.7 Å². The second-order valence-corrected chi connectivity index (χ2v) is 14.9. The van der Waals surface area contributed by atoms with Crippen LogP contribution in [-0.4, -0.2) is 14.1 Å². The fraction of sp³-hybridized carbons (Fsp3) is 0.0189. The summed E-state index contributed by atoms with van der Waals surface area (Å²) in [7, 11) is 0. The zero-order valence-corrected chi connectivity index (χ0v) is 32.5. The highest BCUT2D eigenvalue weighted by Crippen LogP contribution is 2.43. The van der Waals surface area contributed by atoms with Gasteiger partial charge in [0, 0.05) is 32.8 Å². The molecule has 0 spiro atoms. The minimum absolute atomic E-state index is 0.412. The summed E-state index contributed by atoms with van der Waals surface area (Å²) >= 11 is 0. The molecule has 3 heterocycles. The first kappa shape index (κ1) is 36.1. The lowest BCUT2D eigenvalue weighted by Crippen LogP contribution is -2.06. The Morgan fingerprint density at radius 1 is 0.377 bits per heavy atom. The maximum absolute atomic E-state index is 10.8. The zero-order chi connectivity index (χ0) is 41.8. The van der Waals surface area contributed by atoms with Gasteiger partial charge in [0.2, 0.25) is 0 Å². The van der Waals surface area contributed by atoms with Gasteiger partial charge in [0.05, 0.1) is 97.3 Å². The lowest BCUT2D eigenvalue weighted by Gasteiger charge is -2.20. The second kappa shape index (κ2) is 14.3. The number of aryl methyl sites for hydroxylation is 1. The van der Waals surface area contributed by atoms with Gasteiger partial charge in [0.1, 0.15) is 0 Å². The van der Waals surface area contributed by atoms with Crippen molar-refractivity contribution >= 4 is 43.6 Å². The molecule has 7 aromatic carbocycles. The number of hydrogen-bond acceptors (Lipinski definition) is 6. The van der Waals surface area contributed by atoms with Gasteiger partial charge in [-0.1, -0.05) is 54.6 Å². The van der Waals surface area contributed by atoms with Crippen LogP contribution in [0.1, 0.15) is 33.5 Å². The molecular weight excluding hydrogens is 749 g/mol. The van der Waals surface area contributed by atoms with E-state index < -0.39 is 0 Å². The highest BCUT2D eigenvalue weighted by atomic mass is 15.0. The molecule has 0 saturated heterocycles. The van der Waals surface area contributed by atoms with Crippen LogP contribution in [0.2, 0.25) is 0 Å². The lowest BCUT2D eigenvalue weighted by molar-refractivity contribution is 1.11. The normalized spacial score (nSPS) is 11.0. The second-order valence-electron chi connectivity index (χ2n) is 14.9. The number of nitriles is 5. The average Bonchev–Trinajstić information content (AvgIpc) is 3.82. The Hall–Kier alpha value is -9.26. The van der Waals surface area contributed by atoms with E-state index in [-0.39, 0.29) is 0 Å². The molecule has 0 radical (unpaired) electrons. The van der Waals surface area contributed by atoms with Crippen molar-refractivity contribution in [3.05, 3.63) is 185 Å². The van der Waals surface area contributed by atoms with Gasteiger partial charge in [-0.15, -0.1) is 0 Å². The van der Waals surface area contributed by atoms with Crippen LogP contribution in [0.4, 0.5) is 0 Å². The number of nitrogens with zero attached hydrogens (tertiary/aromatic N) is 8. The molecule has 0 unspecified atom stereocenters. The molecule has 280 valence electrons. The summed E-state index contributed by atoms with van der Waals surface area (Å²) < 4.78 is 4.40. The van der Waals surface area contributed by atoms with Crippen LogP contribution < -0.4 is 0 Å². The van der Waals surface area contributed by atoms with Crippen LogP contribution in [-0.2, 0) is 0 Å². The zero-order valence-electron chi connectivity index (χ0n) is 32.5. The predicted molar refractivity (Wildman–Crippen MR) is 238 cm³/mol. The van der Waals surface area contributed by atoms with Gasteiger partial charge >= 0.3 is 0 Å². The van der Waals surface area contributed by atoms with Crippen molar-refractivity contribution in [2.24, 2.45) is 0 Å². The Morgan fingerprint density at radius 3 is 1.21 bits per heavy atom. The van der Waals surface area contributed by atoms with E-state index in [9.17, 15) is 26.3 Å². The molecule has 0 N–H and O–H groups in total. The summed E-state index contributed by atoms with van der Waals surface area (Å²) in [5, 5.41) is 53.6. The summed E-state index contributed by atoms with van der Waals surface area (Å²) in [6.45, 7) is 1.97. The SMILES string of the molecule is Cc1cccc(-c2c(-n3c4ccccc4c4cc(-c5cc(C#N)cc(C#N)c5)ccc43)cc(C#N)cc2-n2c3ccccc3c3cc(-c4cc(C#N)cc(C#N)c4)ccc32)n1. The van der Waals surface area contributed by atoms with Gasteiger partial charge in [0.25, 0.3) is 0 Å². The number of pyridine rings is 1. The fourth-order valence-electron chi connectivity index (χ4n) is 8.64. The first-order valence-corrected chi connectivity index (χ1v) is 19.4. The number of para-hydroxylation sites is 2. The van der Waals surface area contributed by atoms with Gasteiger partial charge in [-0.25, -0.2) is 0 Å². The molecule has 0 bridgehead atoms. The number of aromatic nitrogens is 3. The molecule has 10 rings (SSSR count). The van der Waals surface area contributed by atoms with Crippen molar-refractivity contribution in [3.63, 3.8) is 0 Å². The van der Waals surface area contributed by atoms with Gasteiger partial charge in [0.15, 0.2) is 0 Å². The minimum Gasteiger partial charge on any atom is -0.308 e. The molecule has 0 atom stereocenters. The first-order valence-electron chi connectivity index (χ1n) is 19.4. The van der Waals surface area contributed by atoms with Crippen molar-refractivity contribution in [2.75, 3.05) is 0 Å². The van der Waals surface area contributed by atoms with E-state index in [1.165, 1.54) is 0 Å². The summed E-state index contributed by atoms with van der Waals surface area (Å²) in [6, 6.07) is 60.1. The van der Waals surface area contributed by atoms with Gasteiger partial charge in [-0.3, -0.25) is 4.98 Å². The predicted octanol–water partition coefficient (Wildman–Crippen LogP) is 11.9. The summed E-state index contributed by atoms with van der Waals surface area (Å²) in [5.41, 5.74) is 13.0. The lowest BCUT2D eigenvalue weighted by atomic mass is 9.98. The van der Waals surface area contributed by atoms with Crippen molar-refractivity contribution < 1.29 is 0 Å². The summed E-state index contributed by atoms with van der Waals surface area (Å²) in [5.74, 6) is 0. The molecule has 10 aromatic rings. The number of fused-ring (bicyclic) bond motifs is 6. The van der Waals surface area contributed by atoms with Crippen molar-refractivity contribution in [1.82, 2.24) is 14.1 Å². The Morgan fingerprint density at radius 2 is 0.787 bits per heavy atom. The third-order valence-corrected chi connectivity index (χ3v) is 11.2. The van der Waals surface area contributed by atoms with E-state index in [0.717, 1.165) is 94.2 Å². The van der Waals surface area contributed by atoms with E-state index in [0.29, 0.717) is 27.8 Å². The van der Waals surface area contributed by atoms with Crippen molar-refractivity contribution in [1.29, 1.82) is 26.3 Å². The first-order chi connectivity index (χ1) is 29.9. The third kappa shape index (κ3) is 5.92. The van der Waals surface area contributed by atoms with Crippen molar-refractivity contribution in [3.8, 4) is 75.2 Å². The van der Waals surface area contributed by atoms with Crippen LogP contribution in [0, 0.1) is 63.6 Å². The van der Waals surface area contributed by atoms with E-state index in [1.54, 1.807) is 36.4 Å². The van der Waals surface area contributed by atoms with Gasteiger partial charge in [-0.05, 0) is 126 Å². The van der Waals surface area contributed by atoms with Crippen molar-refractivity contribution in [2.45, 2.75) is 6.92 Å². The topological polar surface area (TPSA) is 142 Å². The highest BCUT2D eigenvalue weighted by Gasteiger charge is 2.24.